The zero-order chi connectivity index (χ0) is 13.1. The Morgan fingerprint density at radius 3 is 2.61 bits per heavy atom. The molecule has 0 saturated heterocycles. The van der Waals surface area contributed by atoms with Crippen LogP contribution in [0.15, 0.2) is 36.5 Å². The Hall–Kier alpha value is -1.68. The van der Waals surface area contributed by atoms with Gasteiger partial charge in [-0.05, 0) is 26.0 Å². The third-order valence-electron chi connectivity index (χ3n) is 2.86. The van der Waals surface area contributed by atoms with Crippen LogP contribution in [-0.4, -0.2) is 14.9 Å². The van der Waals surface area contributed by atoms with Crippen LogP contribution in [0.1, 0.15) is 37.3 Å². The van der Waals surface area contributed by atoms with E-state index in [4.69, 9.17) is 0 Å². The number of hydrogen-bond acceptors (Lipinski definition) is 2. The van der Waals surface area contributed by atoms with Crippen LogP contribution in [0, 0.1) is 5.82 Å². The maximum Gasteiger partial charge on any atom is 0.129 e. The van der Waals surface area contributed by atoms with E-state index in [1.54, 1.807) is 18.2 Å². The van der Waals surface area contributed by atoms with Crippen molar-refractivity contribution in [2.45, 2.75) is 32.4 Å². The number of nitrogens with zero attached hydrogens (tertiary/aromatic N) is 2. The predicted octanol–water partition coefficient (Wildman–Crippen LogP) is 2.88. The van der Waals surface area contributed by atoms with E-state index >= 15 is 0 Å². The van der Waals surface area contributed by atoms with Crippen LogP contribution in [0.25, 0.3) is 0 Å². The zero-order valence-corrected chi connectivity index (χ0v) is 10.5. The molecule has 0 aliphatic heterocycles. The predicted molar refractivity (Wildman–Crippen MR) is 67.7 cm³/mol. The van der Waals surface area contributed by atoms with Gasteiger partial charge in [-0.1, -0.05) is 18.2 Å². The summed E-state index contributed by atoms with van der Waals surface area (Å²) in [6.45, 7) is 4.06. The molecule has 1 atom stereocenters. The first-order chi connectivity index (χ1) is 8.58. The monoisotopic (exact) mass is 248 g/mol. The summed E-state index contributed by atoms with van der Waals surface area (Å²) in [5, 5.41) is 14.4. The summed E-state index contributed by atoms with van der Waals surface area (Å²) in [7, 11) is 0. The summed E-state index contributed by atoms with van der Waals surface area (Å²) in [4.78, 5) is 0. The van der Waals surface area contributed by atoms with Gasteiger partial charge in [0.05, 0.1) is 11.8 Å². The molecule has 4 heteroatoms. The van der Waals surface area contributed by atoms with E-state index in [0.29, 0.717) is 12.0 Å². The molecule has 0 bridgehead atoms. The number of aromatic nitrogens is 2. The highest BCUT2D eigenvalue weighted by Crippen LogP contribution is 2.20. The highest BCUT2D eigenvalue weighted by Gasteiger charge is 2.14. The highest BCUT2D eigenvalue weighted by molar-refractivity contribution is 5.21. The third-order valence-corrected chi connectivity index (χ3v) is 2.86. The third kappa shape index (κ3) is 2.76. The molecule has 2 aromatic rings. The number of rotatable bonds is 4. The fourth-order valence-electron chi connectivity index (χ4n) is 1.83. The second-order valence-electron chi connectivity index (χ2n) is 4.62. The van der Waals surface area contributed by atoms with Crippen molar-refractivity contribution in [2.75, 3.05) is 0 Å². The molecule has 1 heterocycles. The summed E-state index contributed by atoms with van der Waals surface area (Å²) in [5.74, 6) is -0.381. The molecule has 1 aromatic carbocycles. The van der Waals surface area contributed by atoms with Gasteiger partial charge in [-0.3, -0.25) is 4.68 Å². The lowest BCUT2D eigenvalue weighted by atomic mass is 10.0. The van der Waals surface area contributed by atoms with E-state index in [2.05, 4.69) is 5.10 Å². The first-order valence-electron chi connectivity index (χ1n) is 6.04. The second-order valence-corrected chi connectivity index (χ2v) is 4.62. The molecule has 18 heavy (non-hydrogen) atoms. The summed E-state index contributed by atoms with van der Waals surface area (Å²) in [5.41, 5.74) is 1.08. The van der Waals surface area contributed by atoms with Crippen molar-refractivity contribution in [1.82, 2.24) is 9.78 Å². The fraction of sp³-hybridized carbons (Fsp3) is 0.357. The first-order valence-corrected chi connectivity index (χ1v) is 6.04. The Labute approximate surface area is 106 Å². The van der Waals surface area contributed by atoms with Crippen molar-refractivity contribution in [3.05, 3.63) is 53.6 Å². The molecule has 1 N–H and O–H groups in total. The number of aliphatic hydroxyl groups excluding tert-OH is 1. The van der Waals surface area contributed by atoms with Crippen molar-refractivity contribution in [3.8, 4) is 0 Å². The first kappa shape index (κ1) is 12.8. The van der Waals surface area contributed by atoms with Gasteiger partial charge < -0.3 is 5.11 Å². The van der Waals surface area contributed by atoms with E-state index in [-0.39, 0.29) is 11.9 Å². The molecule has 0 saturated carbocycles. The molecule has 0 spiro atoms. The number of benzene rings is 1. The summed E-state index contributed by atoms with van der Waals surface area (Å²) in [6, 6.07) is 8.41. The van der Waals surface area contributed by atoms with Gasteiger partial charge in [0.1, 0.15) is 5.82 Å². The quantitative estimate of drug-likeness (QED) is 0.903. The van der Waals surface area contributed by atoms with Crippen molar-refractivity contribution < 1.29 is 9.50 Å². The molecule has 96 valence electrons. The molecule has 0 amide bonds. The Bertz CT molecular complexity index is 522. The van der Waals surface area contributed by atoms with Crippen molar-refractivity contribution in [3.63, 3.8) is 0 Å². The standard InChI is InChI=1S/C14H17FN2O/c1-10(2)17-8-7-11(16-17)9-14(18)12-5-3-4-6-13(12)15/h3-8,10,14,18H,9H2,1-2H3. The van der Waals surface area contributed by atoms with Gasteiger partial charge in [-0.15, -0.1) is 0 Å². The van der Waals surface area contributed by atoms with Crippen LogP contribution < -0.4 is 0 Å². The fourth-order valence-corrected chi connectivity index (χ4v) is 1.83. The van der Waals surface area contributed by atoms with Gasteiger partial charge in [0.2, 0.25) is 0 Å². The topological polar surface area (TPSA) is 38.0 Å². The smallest absolute Gasteiger partial charge is 0.129 e. The van der Waals surface area contributed by atoms with Crippen molar-refractivity contribution in [2.24, 2.45) is 0 Å². The van der Waals surface area contributed by atoms with Gasteiger partial charge in [-0.2, -0.15) is 5.10 Å². The Morgan fingerprint density at radius 1 is 1.28 bits per heavy atom. The number of hydrogen-bond donors (Lipinski definition) is 1. The Morgan fingerprint density at radius 2 is 2.00 bits per heavy atom. The molecule has 0 aliphatic carbocycles. The molecular weight excluding hydrogens is 231 g/mol. The minimum absolute atomic E-state index is 0.282. The van der Waals surface area contributed by atoms with Crippen molar-refractivity contribution in [1.29, 1.82) is 0 Å². The van der Waals surface area contributed by atoms with Gasteiger partial charge >= 0.3 is 0 Å². The minimum Gasteiger partial charge on any atom is -0.388 e. The molecule has 0 aliphatic rings. The molecular formula is C14H17FN2O. The van der Waals surface area contributed by atoms with E-state index in [1.165, 1.54) is 6.07 Å². The van der Waals surface area contributed by atoms with Gasteiger partial charge in [-0.25, -0.2) is 4.39 Å². The average molecular weight is 248 g/mol. The summed E-state index contributed by atoms with van der Waals surface area (Å²) in [6.07, 6.45) is 1.33. The number of halogens is 1. The maximum absolute atomic E-state index is 13.5. The van der Waals surface area contributed by atoms with E-state index in [0.717, 1.165) is 5.69 Å². The lowest BCUT2D eigenvalue weighted by Gasteiger charge is -2.10. The lowest BCUT2D eigenvalue weighted by molar-refractivity contribution is 0.172. The van der Waals surface area contributed by atoms with Crippen LogP contribution >= 0.6 is 0 Å². The lowest BCUT2D eigenvalue weighted by Crippen LogP contribution is -2.06. The Kier molecular flexibility index (Phi) is 3.77. The largest absolute Gasteiger partial charge is 0.388 e. The van der Waals surface area contributed by atoms with E-state index in [1.807, 2.05) is 30.8 Å². The van der Waals surface area contributed by atoms with E-state index < -0.39 is 6.10 Å². The molecule has 0 fully saturated rings. The number of aliphatic hydroxyl groups is 1. The van der Waals surface area contributed by atoms with Crippen LogP contribution in [0.2, 0.25) is 0 Å². The van der Waals surface area contributed by atoms with Gasteiger partial charge in [0, 0.05) is 24.2 Å². The van der Waals surface area contributed by atoms with Gasteiger partial charge in [0.25, 0.3) is 0 Å². The van der Waals surface area contributed by atoms with Crippen LogP contribution in [0.5, 0.6) is 0 Å². The summed E-state index contributed by atoms with van der Waals surface area (Å²) < 4.78 is 15.3. The molecule has 1 unspecified atom stereocenters. The molecule has 0 radical (unpaired) electrons. The van der Waals surface area contributed by atoms with Crippen LogP contribution in [-0.2, 0) is 6.42 Å². The molecule has 1 aromatic heterocycles. The second kappa shape index (κ2) is 5.31. The van der Waals surface area contributed by atoms with Crippen LogP contribution in [0.4, 0.5) is 4.39 Å². The SMILES string of the molecule is CC(C)n1ccc(CC(O)c2ccccc2F)n1. The van der Waals surface area contributed by atoms with E-state index in [9.17, 15) is 9.50 Å². The average Bonchev–Trinajstić information content (AvgIpc) is 2.78. The molecule has 3 nitrogen and oxygen atoms in total. The zero-order valence-electron chi connectivity index (χ0n) is 10.5. The highest BCUT2D eigenvalue weighted by atomic mass is 19.1. The summed E-state index contributed by atoms with van der Waals surface area (Å²) >= 11 is 0. The van der Waals surface area contributed by atoms with Gasteiger partial charge in [0.15, 0.2) is 0 Å². The maximum atomic E-state index is 13.5. The molecule has 2 rings (SSSR count). The minimum atomic E-state index is -0.860. The normalized spacial score (nSPS) is 12.9. The van der Waals surface area contributed by atoms with Crippen molar-refractivity contribution >= 4 is 0 Å². The Balaban J connectivity index is 2.11. The van der Waals surface area contributed by atoms with Crippen LogP contribution in [0.3, 0.4) is 0 Å².